The van der Waals surface area contributed by atoms with Gasteiger partial charge < -0.3 is 0 Å². The van der Waals surface area contributed by atoms with Gasteiger partial charge in [0.1, 0.15) is 0 Å². The smallest absolute Gasteiger partial charge is 0 e. The van der Waals surface area contributed by atoms with Crippen LogP contribution >= 0.6 is 0 Å². The molecule has 0 aliphatic rings. The zero-order valence-corrected chi connectivity index (χ0v) is 23.9. The molecular formula is Ga4Sc5. The Kier molecular flexibility index (Phi) is 498. The summed E-state index contributed by atoms with van der Waals surface area (Å²) in [5.41, 5.74) is 0. The Bertz CT molecular complexity index is 8.92. The summed E-state index contributed by atoms with van der Waals surface area (Å²) in [6, 6.07) is 0. The molecule has 0 aliphatic carbocycles. The van der Waals surface area contributed by atoms with Gasteiger partial charge in [0.25, 0.3) is 0 Å². The van der Waals surface area contributed by atoms with E-state index in [1.165, 1.54) is 0 Å². The van der Waals surface area contributed by atoms with Crippen LogP contribution in [-0.2, 0) is 129 Å². The number of hydrogen-bond acceptors (Lipinski definition) is 0. The fourth-order valence-corrected chi connectivity index (χ4v) is 0. The number of rotatable bonds is 0. The third-order valence-electron chi connectivity index (χ3n) is 0. The average Bonchev–Trinajstić information content (AvgIpc) is 0. The number of hydrogen-bond donors (Lipinski definition) is 0. The minimum Gasteiger partial charge on any atom is 0 e. The molecule has 9 heavy (non-hydrogen) atoms. The summed E-state index contributed by atoms with van der Waals surface area (Å²) in [5, 5.41) is 0. The molecule has 0 aromatic carbocycles. The van der Waals surface area contributed by atoms with Crippen LogP contribution in [0.3, 0.4) is 0 Å². The molecule has 0 atom stereocenters. The maximum atomic E-state index is 0. The second kappa shape index (κ2) is 60.5. The molecule has 27 valence electrons. The van der Waals surface area contributed by atoms with E-state index in [1.54, 1.807) is 0 Å². The molecule has 0 aromatic rings. The normalized spacial score (nSPS) is 0. The van der Waals surface area contributed by atoms with Gasteiger partial charge >= 0.3 is 0 Å². The van der Waals surface area contributed by atoms with Crippen LogP contribution in [0.15, 0.2) is 0 Å². The SMILES string of the molecule is [Ga].[Ga].[Ga].[Ga].[Sc].[Sc].[Sc].[Sc].[Sc]. The topological polar surface area (TPSA) is 0 Å². The van der Waals surface area contributed by atoms with Crippen LogP contribution in [0.4, 0.5) is 0 Å². The molecule has 0 spiro atoms. The van der Waals surface area contributed by atoms with Crippen LogP contribution in [0.2, 0.25) is 0 Å². The monoisotopic (exact) mass is 500 g/mol. The minimum atomic E-state index is 0. The van der Waals surface area contributed by atoms with Crippen molar-refractivity contribution in [3.63, 3.8) is 0 Å². The van der Waals surface area contributed by atoms with Crippen LogP contribution in [0.5, 0.6) is 0 Å². The van der Waals surface area contributed by atoms with E-state index < -0.39 is 0 Å². The van der Waals surface area contributed by atoms with Crippen molar-refractivity contribution in [2.45, 2.75) is 0 Å². The zero-order chi connectivity index (χ0) is 0. The molecule has 0 rings (SSSR count). The van der Waals surface area contributed by atoms with Crippen LogP contribution in [-0.4, -0.2) is 79.2 Å². The predicted molar refractivity (Wildman–Crippen MR) is 23.0 cm³/mol. The van der Waals surface area contributed by atoms with E-state index in [1.807, 2.05) is 0 Å². The van der Waals surface area contributed by atoms with Crippen molar-refractivity contribution in [2.75, 3.05) is 0 Å². The Labute approximate surface area is 203 Å². The van der Waals surface area contributed by atoms with Gasteiger partial charge in [-0.2, -0.15) is 0 Å². The third kappa shape index (κ3) is 52.1. The van der Waals surface area contributed by atoms with Crippen LogP contribution in [0.25, 0.3) is 0 Å². The molecule has 0 unspecified atom stereocenters. The Morgan fingerprint density at radius 2 is 0.222 bits per heavy atom. The van der Waals surface area contributed by atoms with Crippen molar-refractivity contribution in [2.24, 2.45) is 0 Å². The molecule has 0 saturated heterocycles. The minimum absolute atomic E-state index is 0. The van der Waals surface area contributed by atoms with Crippen LogP contribution in [0.1, 0.15) is 0 Å². The Morgan fingerprint density at radius 1 is 0.222 bits per heavy atom. The first-order valence-corrected chi connectivity index (χ1v) is 0. The van der Waals surface area contributed by atoms with Crippen molar-refractivity contribution in [3.05, 3.63) is 0 Å². The summed E-state index contributed by atoms with van der Waals surface area (Å²) in [4.78, 5) is 0. The molecular weight excluding hydrogens is 504 g/mol. The zero-order valence-electron chi connectivity index (χ0n) is 5.20. The van der Waals surface area contributed by atoms with E-state index in [4.69, 9.17) is 0 Å². The van der Waals surface area contributed by atoms with E-state index in [0.29, 0.717) is 0 Å². The van der Waals surface area contributed by atoms with Gasteiger partial charge in [0.05, 0.1) is 0 Å². The molecule has 0 nitrogen and oxygen atoms in total. The summed E-state index contributed by atoms with van der Waals surface area (Å²) in [6.45, 7) is 0. The molecule has 17 radical (unpaired) electrons. The average molecular weight is 504 g/mol. The van der Waals surface area contributed by atoms with Crippen molar-refractivity contribution in [3.8, 4) is 0 Å². The van der Waals surface area contributed by atoms with Gasteiger partial charge in [-0.1, -0.05) is 0 Å². The summed E-state index contributed by atoms with van der Waals surface area (Å²) in [5.74, 6) is 0. The van der Waals surface area contributed by atoms with E-state index in [2.05, 4.69) is 0 Å². The molecule has 0 aromatic heterocycles. The van der Waals surface area contributed by atoms with Gasteiger partial charge in [-0.15, -0.1) is 0 Å². The largest absolute Gasteiger partial charge is 0 e. The molecule has 0 N–H and O–H groups in total. The third-order valence-corrected chi connectivity index (χ3v) is 0. The molecule has 9 heteroatoms. The maximum absolute atomic E-state index is 0. The molecule has 0 aliphatic heterocycles. The van der Waals surface area contributed by atoms with Crippen molar-refractivity contribution in [1.29, 1.82) is 0 Å². The van der Waals surface area contributed by atoms with Crippen molar-refractivity contribution < 1.29 is 129 Å². The Morgan fingerprint density at radius 3 is 0.222 bits per heavy atom. The molecule has 0 heterocycles. The summed E-state index contributed by atoms with van der Waals surface area (Å²) in [6.07, 6.45) is 0. The fraction of sp³-hybridized carbons (Fsp3) is 0. The quantitative estimate of drug-likeness (QED) is 0.352. The molecule has 0 amide bonds. The first kappa shape index (κ1) is 74.2. The molecule has 0 bridgehead atoms. The first-order valence-electron chi connectivity index (χ1n) is 0. The van der Waals surface area contributed by atoms with Gasteiger partial charge in [0.2, 0.25) is 0 Å². The Hall–Kier alpha value is 6.90. The van der Waals surface area contributed by atoms with Crippen LogP contribution < -0.4 is 0 Å². The second-order valence-electron chi connectivity index (χ2n) is 0. The Balaban J connectivity index is 0. The van der Waals surface area contributed by atoms with Crippen molar-refractivity contribution in [1.82, 2.24) is 0 Å². The van der Waals surface area contributed by atoms with Crippen LogP contribution in [0, 0.1) is 0 Å². The standard InChI is InChI=1S/4Ga.5Sc. The van der Waals surface area contributed by atoms with E-state index in [9.17, 15) is 0 Å². The first-order chi connectivity index (χ1) is 0. The summed E-state index contributed by atoms with van der Waals surface area (Å²) >= 11 is 0. The second-order valence-corrected chi connectivity index (χ2v) is 0. The van der Waals surface area contributed by atoms with Gasteiger partial charge in [-0.3, -0.25) is 0 Å². The summed E-state index contributed by atoms with van der Waals surface area (Å²) < 4.78 is 0. The van der Waals surface area contributed by atoms with E-state index in [-0.39, 0.29) is 208 Å². The van der Waals surface area contributed by atoms with E-state index in [0.717, 1.165) is 0 Å². The van der Waals surface area contributed by atoms with Gasteiger partial charge in [0, 0.05) is 208 Å². The predicted octanol–water partition coefficient (Wildman–Crippen LogP) is -1.54. The van der Waals surface area contributed by atoms with E-state index >= 15 is 0 Å². The van der Waals surface area contributed by atoms with Gasteiger partial charge in [-0.05, 0) is 0 Å². The van der Waals surface area contributed by atoms with Crippen molar-refractivity contribution >= 4 is 79.2 Å². The summed E-state index contributed by atoms with van der Waals surface area (Å²) in [7, 11) is 0. The van der Waals surface area contributed by atoms with Gasteiger partial charge in [-0.25, -0.2) is 0 Å². The fourth-order valence-electron chi connectivity index (χ4n) is 0. The maximum Gasteiger partial charge on any atom is 0 e. The molecule has 0 saturated carbocycles. The van der Waals surface area contributed by atoms with Gasteiger partial charge in [0.15, 0.2) is 0 Å². The molecule has 0 fully saturated rings.